The van der Waals surface area contributed by atoms with E-state index in [0.717, 1.165) is 75.3 Å². The van der Waals surface area contributed by atoms with Crippen LogP contribution in [0.2, 0.25) is 0 Å². The summed E-state index contributed by atoms with van der Waals surface area (Å²) in [7, 11) is 5.18. The molecule has 2 N–H and O–H groups in total. The maximum Gasteiger partial charge on any atom is 0.191 e. The van der Waals surface area contributed by atoms with Gasteiger partial charge in [0.2, 0.25) is 0 Å². The Balaban J connectivity index is 0.00000306. The van der Waals surface area contributed by atoms with Gasteiger partial charge < -0.3 is 24.8 Å². The van der Waals surface area contributed by atoms with Crippen LogP contribution in [0.25, 0.3) is 0 Å². The first-order valence-corrected chi connectivity index (χ1v) is 11.3. The predicted molar refractivity (Wildman–Crippen MR) is 137 cm³/mol. The van der Waals surface area contributed by atoms with E-state index in [1.807, 2.05) is 23.9 Å². The monoisotopic (exact) mass is 570 g/mol. The third-order valence-corrected chi connectivity index (χ3v) is 6.49. The van der Waals surface area contributed by atoms with Gasteiger partial charge in [-0.15, -0.1) is 24.0 Å². The van der Waals surface area contributed by atoms with Gasteiger partial charge in [-0.1, -0.05) is 12.1 Å². The highest BCUT2D eigenvalue weighted by Gasteiger charge is 2.35. The molecule has 3 heterocycles. The summed E-state index contributed by atoms with van der Waals surface area (Å²) in [5.74, 6) is 3.46. The summed E-state index contributed by atoms with van der Waals surface area (Å²) in [6.07, 6.45) is 3.82. The molecule has 33 heavy (non-hydrogen) atoms. The molecule has 1 fully saturated rings. The molecule has 0 aliphatic carbocycles. The molecule has 2 aliphatic heterocycles. The summed E-state index contributed by atoms with van der Waals surface area (Å²) in [5.41, 5.74) is 1.31. The predicted octanol–water partition coefficient (Wildman–Crippen LogP) is 2.28. The molecule has 0 amide bonds. The number of aliphatic imine (C=N–C) groups is 1. The molecule has 1 unspecified atom stereocenters. The number of hydrogen-bond donors (Lipinski definition) is 2. The molecule has 4 rings (SSSR count). The Morgan fingerprint density at radius 2 is 2.00 bits per heavy atom. The number of fused-ring (bicyclic) bond motifs is 1. The van der Waals surface area contributed by atoms with Gasteiger partial charge in [0.05, 0.1) is 13.7 Å². The standard InChI is InChI=1S/C23H34N6O3.HI/c1-24-22(26-18-6-9-21-27-20(15-30-2)28-29(21)14-18)25-16-23(10-12-32-13-11-23)17-4-7-19(31-3)8-5-17;/h4-5,7-8,18H,6,9-16H2,1-3H3,(H2,24,25,26);1H. The molecule has 0 saturated carbocycles. The lowest BCUT2D eigenvalue weighted by Gasteiger charge is -2.38. The summed E-state index contributed by atoms with van der Waals surface area (Å²) < 4.78 is 18.2. The Morgan fingerprint density at radius 3 is 2.67 bits per heavy atom. The lowest BCUT2D eigenvalue weighted by atomic mass is 9.74. The topological polar surface area (TPSA) is 94.8 Å². The fraction of sp³-hybridized carbons (Fsp3) is 0.609. The van der Waals surface area contributed by atoms with Crippen molar-refractivity contribution >= 4 is 29.9 Å². The van der Waals surface area contributed by atoms with Gasteiger partial charge in [0.1, 0.15) is 18.2 Å². The third kappa shape index (κ3) is 6.15. The van der Waals surface area contributed by atoms with Crippen LogP contribution in [-0.4, -0.2) is 67.8 Å². The largest absolute Gasteiger partial charge is 0.497 e. The lowest BCUT2D eigenvalue weighted by Crippen LogP contribution is -2.51. The number of nitrogens with zero attached hydrogens (tertiary/aromatic N) is 4. The molecule has 1 aromatic carbocycles. The number of rotatable bonds is 7. The van der Waals surface area contributed by atoms with Crippen LogP contribution in [0.1, 0.15) is 36.5 Å². The Morgan fingerprint density at radius 1 is 1.24 bits per heavy atom. The van der Waals surface area contributed by atoms with Crippen molar-refractivity contribution in [3.05, 3.63) is 41.5 Å². The Labute approximate surface area is 212 Å². The maximum atomic E-state index is 5.68. The van der Waals surface area contributed by atoms with E-state index in [1.54, 1.807) is 14.2 Å². The van der Waals surface area contributed by atoms with Crippen molar-refractivity contribution in [2.45, 2.75) is 50.3 Å². The minimum atomic E-state index is 0. The first-order chi connectivity index (χ1) is 15.7. The van der Waals surface area contributed by atoms with Gasteiger partial charge in [0.15, 0.2) is 11.8 Å². The Hall–Kier alpha value is -1.92. The SMILES string of the molecule is CN=C(NCC1(c2ccc(OC)cc2)CCOCC1)NC1CCc2nc(COC)nn2C1.I. The lowest BCUT2D eigenvalue weighted by molar-refractivity contribution is 0.0513. The molecule has 9 nitrogen and oxygen atoms in total. The van der Waals surface area contributed by atoms with E-state index < -0.39 is 0 Å². The molecule has 0 bridgehead atoms. The zero-order valence-electron chi connectivity index (χ0n) is 19.7. The van der Waals surface area contributed by atoms with Crippen LogP contribution in [0.3, 0.4) is 0 Å². The first kappa shape index (κ1) is 25.7. The Kier molecular flexibility index (Phi) is 9.33. The van der Waals surface area contributed by atoms with Crippen LogP contribution < -0.4 is 15.4 Å². The van der Waals surface area contributed by atoms with E-state index in [1.165, 1.54) is 5.56 Å². The van der Waals surface area contributed by atoms with Gasteiger partial charge in [0, 0.05) is 51.8 Å². The molecule has 1 atom stereocenters. The molecule has 1 saturated heterocycles. The van der Waals surface area contributed by atoms with E-state index in [0.29, 0.717) is 6.61 Å². The van der Waals surface area contributed by atoms with Crippen molar-refractivity contribution in [2.24, 2.45) is 4.99 Å². The first-order valence-electron chi connectivity index (χ1n) is 11.3. The maximum absolute atomic E-state index is 5.68. The van der Waals surface area contributed by atoms with Crippen LogP contribution in [0, 0.1) is 0 Å². The summed E-state index contributed by atoms with van der Waals surface area (Å²) in [6, 6.07) is 8.67. The van der Waals surface area contributed by atoms with E-state index in [-0.39, 0.29) is 35.4 Å². The molecular weight excluding hydrogens is 535 g/mol. The van der Waals surface area contributed by atoms with Gasteiger partial charge in [-0.25, -0.2) is 9.67 Å². The second kappa shape index (κ2) is 12.0. The minimum Gasteiger partial charge on any atom is -0.497 e. The number of aromatic nitrogens is 3. The zero-order valence-corrected chi connectivity index (χ0v) is 22.0. The van der Waals surface area contributed by atoms with Crippen LogP contribution >= 0.6 is 24.0 Å². The number of halogens is 1. The summed E-state index contributed by atoms with van der Waals surface area (Å²) in [6.45, 7) is 3.53. The van der Waals surface area contributed by atoms with Crippen LogP contribution in [0.4, 0.5) is 0 Å². The van der Waals surface area contributed by atoms with Crippen molar-refractivity contribution in [2.75, 3.05) is 41.0 Å². The van der Waals surface area contributed by atoms with Gasteiger partial charge in [-0.2, -0.15) is 5.10 Å². The summed E-state index contributed by atoms with van der Waals surface area (Å²) in [5, 5.41) is 11.7. The second-order valence-electron chi connectivity index (χ2n) is 8.49. The third-order valence-electron chi connectivity index (χ3n) is 6.49. The van der Waals surface area contributed by atoms with Gasteiger partial charge in [0.25, 0.3) is 0 Å². The van der Waals surface area contributed by atoms with E-state index >= 15 is 0 Å². The number of guanidine groups is 1. The zero-order chi connectivity index (χ0) is 22.4. The quantitative estimate of drug-likeness (QED) is 0.300. The number of benzene rings is 1. The molecule has 2 aliphatic rings. The van der Waals surface area contributed by atoms with E-state index in [9.17, 15) is 0 Å². The van der Waals surface area contributed by atoms with Gasteiger partial charge in [-0.3, -0.25) is 4.99 Å². The highest BCUT2D eigenvalue weighted by atomic mass is 127. The number of nitrogens with one attached hydrogen (secondary N) is 2. The van der Waals surface area contributed by atoms with Gasteiger partial charge >= 0.3 is 0 Å². The number of ether oxygens (including phenoxy) is 3. The average molecular weight is 570 g/mol. The smallest absolute Gasteiger partial charge is 0.191 e. The van der Waals surface area contributed by atoms with Crippen molar-refractivity contribution in [3.8, 4) is 5.75 Å². The van der Waals surface area contributed by atoms with Crippen molar-refractivity contribution in [1.82, 2.24) is 25.4 Å². The van der Waals surface area contributed by atoms with Crippen LogP contribution in [0.5, 0.6) is 5.75 Å². The molecule has 10 heteroatoms. The minimum absolute atomic E-state index is 0. The summed E-state index contributed by atoms with van der Waals surface area (Å²) >= 11 is 0. The van der Waals surface area contributed by atoms with Gasteiger partial charge in [-0.05, 0) is 37.0 Å². The molecule has 2 aromatic rings. The van der Waals surface area contributed by atoms with Crippen LogP contribution in [-0.2, 0) is 34.5 Å². The van der Waals surface area contributed by atoms with Crippen molar-refractivity contribution in [3.63, 3.8) is 0 Å². The molecule has 0 spiro atoms. The number of hydrogen-bond acceptors (Lipinski definition) is 6. The number of aryl methyl sites for hydroxylation is 1. The normalized spacial score (nSPS) is 19.8. The Bertz CT molecular complexity index is 911. The molecule has 0 radical (unpaired) electrons. The highest BCUT2D eigenvalue weighted by Crippen LogP contribution is 2.35. The highest BCUT2D eigenvalue weighted by molar-refractivity contribution is 14.0. The molecular formula is C23H35IN6O3. The van der Waals surface area contributed by atoms with Crippen molar-refractivity contribution < 1.29 is 14.2 Å². The number of methoxy groups -OCH3 is 2. The van der Waals surface area contributed by atoms with Crippen molar-refractivity contribution in [1.29, 1.82) is 0 Å². The summed E-state index contributed by atoms with van der Waals surface area (Å²) in [4.78, 5) is 9.05. The van der Waals surface area contributed by atoms with E-state index in [4.69, 9.17) is 14.2 Å². The molecule has 182 valence electrons. The average Bonchev–Trinajstić information content (AvgIpc) is 3.24. The molecule has 1 aromatic heterocycles. The second-order valence-corrected chi connectivity index (χ2v) is 8.49. The van der Waals surface area contributed by atoms with E-state index in [2.05, 4.69) is 37.8 Å². The fourth-order valence-corrected chi connectivity index (χ4v) is 4.58. The van der Waals surface area contributed by atoms with Crippen LogP contribution in [0.15, 0.2) is 29.3 Å². The fourth-order valence-electron chi connectivity index (χ4n) is 4.58.